The van der Waals surface area contributed by atoms with Gasteiger partial charge in [-0.1, -0.05) is 30.9 Å². The molecule has 2 aliphatic rings. The highest BCUT2D eigenvalue weighted by atomic mass is 35.5. The van der Waals surface area contributed by atoms with Crippen LogP contribution in [0.3, 0.4) is 0 Å². The topological polar surface area (TPSA) is 36.4 Å². The molecule has 5 heteroatoms. The number of hydrogen-bond donors (Lipinski definition) is 0. The monoisotopic (exact) mass is 385 g/mol. The molecule has 0 N–H and O–H groups in total. The van der Waals surface area contributed by atoms with E-state index in [-0.39, 0.29) is 5.91 Å². The highest BCUT2D eigenvalue weighted by molar-refractivity contribution is 6.29. The van der Waals surface area contributed by atoms with E-state index in [2.05, 4.69) is 9.88 Å². The molecule has 144 valence electrons. The van der Waals surface area contributed by atoms with Crippen LogP contribution < -0.4 is 0 Å². The molecule has 4 nitrogen and oxygen atoms in total. The number of fused-ring (bicyclic) bond motifs is 1. The first kappa shape index (κ1) is 18.7. The molecule has 2 fully saturated rings. The van der Waals surface area contributed by atoms with E-state index in [0.29, 0.717) is 5.15 Å². The summed E-state index contributed by atoms with van der Waals surface area (Å²) in [6.45, 7) is 4.98. The van der Waals surface area contributed by atoms with E-state index in [4.69, 9.17) is 11.6 Å². The third-order valence-electron chi connectivity index (χ3n) is 6.02. The second-order valence-corrected chi connectivity index (χ2v) is 8.38. The van der Waals surface area contributed by atoms with Gasteiger partial charge >= 0.3 is 0 Å². The summed E-state index contributed by atoms with van der Waals surface area (Å²) in [4.78, 5) is 21.9. The number of halogens is 1. The molecule has 0 spiro atoms. The first-order chi connectivity index (χ1) is 13.2. The summed E-state index contributed by atoms with van der Waals surface area (Å²) in [7, 11) is 0. The smallest absolute Gasteiger partial charge is 0.253 e. The van der Waals surface area contributed by atoms with Crippen molar-refractivity contribution in [3.63, 3.8) is 0 Å². The molecule has 1 aromatic heterocycles. The first-order valence-electron chi connectivity index (χ1n) is 10.3. The van der Waals surface area contributed by atoms with Gasteiger partial charge in [0.2, 0.25) is 0 Å². The van der Waals surface area contributed by atoms with Crippen LogP contribution in [0.2, 0.25) is 5.15 Å². The lowest BCUT2D eigenvalue weighted by Crippen LogP contribution is -2.36. The number of rotatable bonds is 3. The van der Waals surface area contributed by atoms with Gasteiger partial charge in [0.05, 0.1) is 5.52 Å². The second-order valence-electron chi connectivity index (χ2n) is 7.99. The van der Waals surface area contributed by atoms with Gasteiger partial charge in [-0.2, -0.15) is 0 Å². The van der Waals surface area contributed by atoms with Crippen LogP contribution in [0.1, 0.15) is 48.9 Å². The maximum Gasteiger partial charge on any atom is 0.253 e. The van der Waals surface area contributed by atoms with Crippen LogP contribution in [-0.2, 0) is 0 Å². The van der Waals surface area contributed by atoms with Gasteiger partial charge in [0, 0.05) is 37.1 Å². The van der Waals surface area contributed by atoms with E-state index in [0.717, 1.165) is 55.0 Å². The van der Waals surface area contributed by atoms with E-state index in [9.17, 15) is 4.79 Å². The average molecular weight is 386 g/mol. The quantitative estimate of drug-likeness (QED) is 0.723. The fourth-order valence-electron chi connectivity index (χ4n) is 4.51. The van der Waals surface area contributed by atoms with Gasteiger partial charge in [0.15, 0.2) is 0 Å². The van der Waals surface area contributed by atoms with E-state index in [1.54, 1.807) is 6.07 Å². The number of aromatic nitrogens is 1. The minimum Gasteiger partial charge on any atom is -0.337 e. The van der Waals surface area contributed by atoms with Crippen molar-refractivity contribution < 1.29 is 4.79 Å². The molecule has 1 saturated carbocycles. The summed E-state index contributed by atoms with van der Waals surface area (Å²) < 4.78 is 0. The molecule has 1 amide bonds. The Labute approximate surface area is 166 Å². The molecule has 4 rings (SSSR count). The summed E-state index contributed by atoms with van der Waals surface area (Å²) in [5, 5.41) is 1.44. The number of benzene rings is 1. The fraction of sp³-hybridized carbons (Fsp3) is 0.545. The zero-order chi connectivity index (χ0) is 18.6. The van der Waals surface area contributed by atoms with Crippen LogP contribution in [0.4, 0.5) is 0 Å². The molecule has 27 heavy (non-hydrogen) atoms. The van der Waals surface area contributed by atoms with Crippen LogP contribution in [0.15, 0.2) is 30.3 Å². The molecular weight excluding hydrogens is 358 g/mol. The van der Waals surface area contributed by atoms with Gasteiger partial charge in [-0.3, -0.25) is 4.79 Å². The predicted octanol–water partition coefficient (Wildman–Crippen LogP) is 4.62. The number of hydrogen-bond acceptors (Lipinski definition) is 3. The Bertz CT molecular complexity index is 803. The Hall–Kier alpha value is -1.65. The molecule has 1 aliphatic carbocycles. The summed E-state index contributed by atoms with van der Waals surface area (Å²) in [6.07, 6.45) is 8.02. The summed E-state index contributed by atoms with van der Waals surface area (Å²) in [5.41, 5.74) is 1.57. The van der Waals surface area contributed by atoms with Crippen molar-refractivity contribution in [3.8, 4) is 0 Å². The highest BCUT2D eigenvalue weighted by Gasteiger charge is 2.23. The molecule has 0 atom stereocenters. The molecule has 0 radical (unpaired) electrons. The number of carbonyl (C=O) groups is 1. The van der Waals surface area contributed by atoms with Crippen LogP contribution in [0.5, 0.6) is 0 Å². The molecule has 1 saturated heterocycles. The van der Waals surface area contributed by atoms with Gasteiger partial charge in [0.25, 0.3) is 5.91 Å². The zero-order valence-corrected chi connectivity index (χ0v) is 16.6. The average Bonchev–Trinajstić information content (AvgIpc) is 2.93. The van der Waals surface area contributed by atoms with Gasteiger partial charge in [-0.15, -0.1) is 0 Å². The van der Waals surface area contributed by atoms with Crippen molar-refractivity contribution in [1.82, 2.24) is 14.8 Å². The van der Waals surface area contributed by atoms with Crippen molar-refractivity contribution in [2.75, 3.05) is 32.7 Å². The second kappa shape index (κ2) is 8.57. The Morgan fingerprint density at radius 2 is 1.85 bits per heavy atom. The van der Waals surface area contributed by atoms with E-state index in [1.807, 2.05) is 29.2 Å². The summed E-state index contributed by atoms with van der Waals surface area (Å²) in [5.74, 6) is 0.993. The molecule has 1 aromatic carbocycles. The molecule has 0 unspecified atom stereocenters. The van der Waals surface area contributed by atoms with Crippen molar-refractivity contribution >= 4 is 28.4 Å². The SMILES string of the molecule is O=C(c1ccc2nc(Cl)ccc2c1)N1CCCN(CC2CCCCC2)CC1. The van der Waals surface area contributed by atoms with E-state index < -0.39 is 0 Å². The highest BCUT2D eigenvalue weighted by Crippen LogP contribution is 2.25. The molecule has 0 bridgehead atoms. The minimum absolute atomic E-state index is 0.131. The number of nitrogens with zero attached hydrogens (tertiary/aromatic N) is 3. The Kier molecular flexibility index (Phi) is 5.94. The van der Waals surface area contributed by atoms with Crippen molar-refractivity contribution in [3.05, 3.63) is 41.0 Å². The maximum absolute atomic E-state index is 13.0. The van der Waals surface area contributed by atoms with Gasteiger partial charge in [0.1, 0.15) is 5.15 Å². The van der Waals surface area contributed by atoms with Gasteiger partial charge in [-0.25, -0.2) is 4.98 Å². The van der Waals surface area contributed by atoms with E-state index >= 15 is 0 Å². The molecule has 2 aromatic rings. The lowest BCUT2D eigenvalue weighted by Gasteiger charge is -2.28. The van der Waals surface area contributed by atoms with Crippen molar-refractivity contribution in [2.24, 2.45) is 5.92 Å². The first-order valence-corrected chi connectivity index (χ1v) is 10.6. The molecule has 2 heterocycles. The van der Waals surface area contributed by atoms with Gasteiger partial charge < -0.3 is 9.80 Å². The van der Waals surface area contributed by atoms with Crippen LogP contribution >= 0.6 is 11.6 Å². The standard InChI is InChI=1S/C22H28ClN3O/c23-21-10-8-18-15-19(7-9-20(18)24-21)22(27)26-12-4-11-25(13-14-26)16-17-5-2-1-3-6-17/h7-10,15,17H,1-6,11-14,16H2. The van der Waals surface area contributed by atoms with Crippen molar-refractivity contribution in [1.29, 1.82) is 0 Å². The normalized spacial score (nSPS) is 20.0. The lowest BCUT2D eigenvalue weighted by atomic mass is 9.89. The van der Waals surface area contributed by atoms with E-state index in [1.165, 1.54) is 38.6 Å². The lowest BCUT2D eigenvalue weighted by molar-refractivity contribution is 0.0760. The predicted molar refractivity (Wildman–Crippen MR) is 110 cm³/mol. The Morgan fingerprint density at radius 1 is 1.00 bits per heavy atom. The maximum atomic E-state index is 13.0. The summed E-state index contributed by atoms with van der Waals surface area (Å²) >= 11 is 5.95. The number of amides is 1. The fourth-order valence-corrected chi connectivity index (χ4v) is 4.66. The molecule has 1 aliphatic heterocycles. The Morgan fingerprint density at radius 3 is 2.70 bits per heavy atom. The number of pyridine rings is 1. The zero-order valence-electron chi connectivity index (χ0n) is 15.9. The van der Waals surface area contributed by atoms with Gasteiger partial charge in [-0.05, 0) is 62.1 Å². The minimum atomic E-state index is 0.131. The third-order valence-corrected chi connectivity index (χ3v) is 6.23. The third kappa shape index (κ3) is 4.61. The largest absolute Gasteiger partial charge is 0.337 e. The summed E-state index contributed by atoms with van der Waals surface area (Å²) in [6, 6.07) is 9.40. The van der Waals surface area contributed by atoms with Crippen molar-refractivity contribution in [2.45, 2.75) is 38.5 Å². The van der Waals surface area contributed by atoms with Crippen LogP contribution in [0.25, 0.3) is 10.9 Å². The number of carbonyl (C=O) groups excluding carboxylic acids is 1. The van der Waals surface area contributed by atoms with Crippen LogP contribution in [-0.4, -0.2) is 53.4 Å². The Balaban J connectivity index is 1.39. The van der Waals surface area contributed by atoms with Crippen LogP contribution in [0, 0.1) is 5.92 Å². The molecular formula is C22H28ClN3O.